The number of rotatable bonds is 3. The molecule has 0 aromatic carbocycles. The van der Waals surface area contributed by atoms with Crippen molar-refractivity contribution in [2.24, 2.45) is 0 Å². The van der Waals surface area contributed by atoms with E-state index >= 15 is 0 Å². The van der Waals surface area contributed by atoms with Crippen molar-refractivity contribution in [3.63, 3.8) is 0 Å². The minimum Gasteiger partial charge on any atom is -0.354 e. The number of alkyl halides is 5. The van der Waals surface area contributed by atoms with Crippen molar-refractivity contribution in [3.05, 3.63) is 0 Å². The molecule has 16 heavy (non-hydrogen) atoms. The molecule has 94 valence electrons. The Bertz CT molecular complexity index is 266. The molecular weight excluding hydrogens is 235 g/mol. The number of carbonyl (C=O) groups excluding carboxylic acids is 1. The summed E-state index contributed by atoms with van der Waals surface area (Å²) in [5.41, 5.74) is 0. The Hall–Kier alpha value is -0.920. The Labute approximate surface area is 88.4 Å². The number of hydrogen-bond donors (Lipinski definition) is 2. The Morgan fingerprint density at radius 2 is 2.06 bits per heavy atom. The number of nitrogens with one attached hydrogen (secondary N) is 2. The van der Waals surface area contributed by atoms with Gasteiger partial charge in [0.1, 0.15) is 0 Å². The topological polar surface area (TPSA) is 41.1 Å². The van der Waals surface area contributed by atoms with Gasteiger partial charge in [0.25, 0.3) is 5.92 Å². The summed E-state index contributed by atoms with van der Waals surface area (Å²) in [6.45, 7) is -1.21. The zero-order chi connectivity index (χ0) is 12.4. The second kappa shape index (κ2) is 4.52. The number of hydrogen-bond acceptors (Lipinski definition) is 2. The minimum absolute atomic E-state index is 0.591. The predicted molar refractivity (Wildman–Crippen MR) is 45.0 cm³/mol. The molecule has 0 bridgehead atoms. The van der Waals surface area contributed by atoms with Gasteiger partial charge < -0.3 is 5.32 Å². The normalized spacial score (nSPS) is 24.4. The molecular formula is C8H11F5N2O. The summed E-state index contributed by atoms with van der Waals surface area (Å²) in [7, 11) is 0. The number of amides is 1. The zero-order valence-corrected chi connectivity index (χ0v) is 8.20. The maximum absolute atomic E-state index is 12.6. The van der Waals surface area contributed by atoms with E-state index in [1.54, 1.807) is 0 Å². The van der Waals surface area contributed by atoms with Gasteiger partial charge in [-0.25, -0.2) is 8.78 Å². The van der Waals surface area contributed by atoms with Crippen molar-refractivity contribution in [3.8, 4) is 0 Å². The molecule has 1 saturated heterocycles. The van der Waals surface area contributed by atoms with Crippen molar-refractivity contribution in [2.75, 3.05) is 13.1 Å². The molecule has 0 saturated carbocycles. The van der Waals surface area contributed by atoms with Crippen molar-refractivity contribution in [2.45, 2.75) is 31.0 Å². The van der Waals surface area contributed by atoms with Crippen molar-refractivity contribution >= 4 is 5.91 Å². The van der Waals surface area contributed by atoms with E-state index in [9.17, 15) is 26.7 Å². The SMILES string of the molecule is O=C(NCCC(F)(F)F)C1CC(F)(F)CN1. The van der Waals surface area contributed by atoms with Gasteiger partial charge in [-0.05, 0) is 0 Å². The quantitative estimate of drug-likeness (QED) is 0.731. The molecule has 0 aromatic heterocycles. The first-order valence-electron chi connectivity index (χ1n) is 4.65. The highest BCUT2D eigenvalue weighted by molar-refractivity contribution is 5.82. The lowest BCUT2D eigenvalue weighted by Gasteiger charge is -2.12. The predicted octanol–water partition coefficient (Wildman–Crippen LogP) is 1.05. The summed E-state index contributed by atoms with van der Waals surface area (Å²) in [6, 6.07) is -1.11. The monoisotopic (exact) mass is 246 g/mol. The highest BCUT2D eigenvalue weighted by Gasteiger charge is 2.42. The summed E-state index contributed by atoms with van der Waals surface area (Å²) >= 11 is 0. The maximum atomic E-state index is 12.6. The van der Waals surface area contributed by atoms with Crippen LogP contribution in [0.4, 0.5) is 22.0 Å². The third kappa shape index (κ3) is 4.30. The van der Waals surface area contributed by atoms with Gasteiger partial charge in [0, 0.05) is 13.0 Å². The lowest BCUT2D eigenvalue weighted by atomic mass is 10.2. The second-order valence-electron chi connectivity index (χ2n) is 3.65. The van der Waals surface area contributed by atoms with Crippen LogP contribution in [0.1, 0.15) is 12.8 Å². The highest BCUT2D eigenvalue weighted by Crippen LogP contribution is 2.25. The number of carbonyl (C=O) groups is 1. The molecule has 1 atom stereocenters. The van der Waals surface area contributed by atoms with Gasteiger partial charge in [0.2, 0.25) is 5.91 Å². The first-order chi connectivity index (χ1) is 7.20. The van der Waals surface area contributed by atoms with E-state index in [1.807, 2.05) is 5.32 Å². The van der Waals surface area contributed by atoms with Crippen LogP contribution < -0.4 is 10.6 Å². The molecule has 0 spiro atoms. The van der Waals surface area contributed by atoms with Crippen LogP contribution in [0.15, 0.2) is 0 Å². The van der Waals surface area contributed by atoms with Crippen LogP contribution in [-0.4, -0.2) is 37.1 Å². The molecule has 0 aliphatic carbocycles. The van der Waals surface area contributed by atoms with Crippen LogP contribution in [-0.2, 0) is 4.79 Å². The van der Waals surface area contributed by atoms with Gasteiger partial charge >= 0.3 is 6.18 Å². The average Bonchev–Trinajstić information content (AvgIpc) is 2.43. The van der Waals surface area contributed by atoms with Crippen LogP contribution in [0.3, 0.4) is 0 Å². The van der Waals surface area contributed by atoms with E-state index in [1.165, 1.54) is 0 Å². The number of halogens is 5. The Morgan fingerprint density at radius 3 is 2.50 bits per heavy atom. The van der Waals surface area contributed by atoms with E-state index in [2.05, 4.69) is 5.32 Å². The van der Waals surface area contributed by atoms with Gasteiger partial charge in [-0.15, -0.1) is 0 Å². The lowest BCUT2D eigenvalue weighted by molar-refractivity contribution is -0.136. The minimum atomic E-state index is -4.36. The van der Waals surface area contributed by atoms with Crippen LogP contribution in [0.5, 0.6) is 0 Å². The molecule has 3 nitrogen and oxygen atoms in total. The van der Waals surface area contributed by atoms with E-state index < -0.39 is 50.0 Å². The van der Waals surface area contributed by atoms with Gasteiger partial charge in [-0.3, -0.25) is 10.1 Å². The van der Waals surface area contributed by atoms with Crippen molar-refractivity contribution in [1.82, 2.24) is 10.6 Å². The van der Waals surface area contributed by atoms with Crippen LogP contribution in [0, 0.1) is 0 Å². The van der Waals surface area contributed by atoms with Crippen LogP contribution >= 0.6 is 0 Å². The standard InChI is InChI=1S/C8H11F5N2O/c9-7(10)3-5(15-4-7)6(16)14-2-1-8(11,12)13/h5,15H,1-4H2,(H,14,16). The molecule has 8 heteroatoms. The smallest absolute Gasteiger partial charge is 0.354 e. The third-order valence-electron chi connectivity index (χ3n) is 2.13. The fraction of sp³-hybridized carbons (Fsp3) is 0.875. The Morgan fingerprint density at radius 1 is 1.44 bits per heavy atom. The molecule has 1 rings (SSSR count). The second-order valence-corrected chi connectivity index (χ2v) is 3.65. The molecule has 2 N–H and O–H groups in total. The lowest BCUT2D eigenvalue weighted by Crippen LogP contribution is -2.41. The molecule has 1 unspecified atom stereocenters. The van der Waals surface area contributed by atoms with Gasteiger partial charge in [-0.1, -0.05) is 0 Å². The molecule has 0 aromatic rings. The van der Waals surface area contributed by atoms with Gasteiger partial charge in [0.05, 0.1) is 19.0 Å². The molecule has 1 amide bonds. The summed E-state index contributed by atoms with van der Waals surface area (Å²) in [4.78, 5) is 11.1. The van der Waals surface area contributed by atoms with Crippen molar-refractivity contribution in [1.29, 1.82) is 0 Å². The zero-order valence-electron chi connectivity index (χ0n) is 8.20. The molecule has 1 fully saturated rings. The first kappa shape index (κ1) is 13.1. The highest BCUT2D eigenvalue weighted by atomic mass is 19.4. The fourth-order valence-corrected chi connectivity index (χ4v) is 1.35. The summed E-state index contributed by atoms with van der Waals surface area (Å²) in [6.07, 6.45) is -6.20. The van der Waals surface area contributed by atoms with Crippen LogP contribution in [0.2, 0.25) is 0 Å². The summed E-state index contributed by atoms with van der Waals surface area (Å²) in [5.74, 6) is -3.78. The average molecular weight is 246 g/mol. The Balaban J connectivity index is 2.27. The molecule has 1 heterocycles. The first-order valence-corrected chi connectivity index (χ1v) is 4.65. The largest absolute Gasteiger partial charge is 0.390 e. The van der Waals surface area contributed by atoms with E-state index in [0.717, 1.165) is 0 Å². The van der Waals surface area contributed by atoms with E-state index in [0.29, 0.717) is 0 Å². The summed E-state index contributed by atoms with van der Waals surface area (Å²) < 4.78 is 60.4. The van der Waals surface area contributed by atoms with E-state index in [-0.39, 0.29) is 0 Å². The van der Waals surface area contributed by atoms with Crippen LogP contribution in [0.25, 0.3) is 0 Å². The van der Waals surface area contributed by atoms with Crippen molar-refractivity contribution < 1.29 is 26.7 Å². The third-order valence-corrected chi connectivity index (χ3v) is 2.13. The molecule has 1 aliphatic rings. The van der Waals surface area contributed by atoms with E-state index in [4.69, 9.17) is 0 Å². The van der Waals surface area contributed by atoms with Gasteiger partial charge in [0.15, 0.2) is 0 Å². The fourth-order valence-electron chi connectivity index (χ4n) is 1.35. The molecule has 0 radical (unpaired) electrons. The maximum Gasteiger partial charge on any atom is 0.390 e. The summed E-state index contributed by atoms with van der Waals surface area (Å²) in [5, 5.41) is 4.22. The van der Waals surface area contributed by atoms with Gasteiger partial charge in [-0.2, -0.15) is 13.2 Å². The molecule has 1 aliphatic heterocycles. The Kier molecular flexibility index (Phi) is 3.72.